The highest BCUT2D eigenvalue weighted by Crippen LogP contribution is 2.33. The molecule has 0 aliphatic carbocycles. The molecule has 188 valence electrons. The standard InChI is InChI=1S/C22H25N5O.C3H6O.C2H6O/c1-4-23-22-17(3)24-21(15-20(22)26-10-12-28-13-11-26)27-9-8-19(25-27)18-7-5-6-16(2)14-18;1-2-3-4;1-3-2/h4-9,14-15H,10-13H2,1-3H3;3H,2H2,1H3;1-2H3. The van der Waals surface area contributed by atoms with E-state index in [9.17, 15) is 4.79 Å². The molecule has 1 saturated heterocycles. The fraction of sp³-hybridized carbons (Fsp3) is 0.407. The first-order chi connectivity index (χ1) is 17.0. The Labute approximate surface area is 208 Å². The van der Waals surface area contributed by atoms with Gasteiger partial charge in [-0.25, -0.2) is 9.67 Å². The molecule has 4 rings (SSSR count). The van der Waals surface area contributed by atoms with E-state index in [1.165, 1.54) is 5.56 Å². The fourth-order valence-electron chi connectivity index (χ4n) is 3.49. The number of hydrogen-bond acceptors (Lipinski definition) is 7. The third-order valence-electron chi connectivity index (χ3n) is 5.05. The molecular formula is C27H37N5O3. The van der Waals surface area contributed by atoms with Gasteiger partial charge in [0.05, 0.1) is 30.3 Å². The Kier molecular flexibility index (Phi) is 11.8. The van der Waals surface area contributed by atoms with Gasteiger partial charge in [0, 0.05) is 57.8 Å². The number of carbonyl (C=O) groups excluding carboxylic acids is 1. The maximum absolute atomic E-state index is 9.17. The molecule has 0 saturated carbocycles. The van der Waals surface area contributed by atoms with Crippen molar-refractivity contribution in [2.45, 2.75) is 34.1 Å². The van der Waals surface area contributed by atoms with Crippen LogP contribution in [-0.2, 0) is 14.3 Å². The van der Waals surface area contributed by atoms with E-state index in [-0.39, 0.29) is 0 Å². The van der Waals surface area contributed by atoms with Gasteiger partial charge >= 0.3 is 0 Å². The number of morpholine rings is 1. The molecule has 0 amide bonds. The third kappa shape index (κ3) is 8.12. The molecule has 0 N–H and O–H groups in total. The van der Waals surface area contributed by atoms with Crippen molar-refractivity contribution in [1.29, 1.82) is 0 Å². The van der Waals surface area contributed by atoms with Crippen LogP contribution in [-0.4, -0.2) is 67.8 Å². The van der Waals surface area contributed by atoms with E-state index in [2.05, 4.69) is 51.9 Å². The second-order valence-electron chi connectivity index (χ2n) is 7.92. The van der Waals surface area contributed by atoms with Crippen molar-refractivity contribution in [3.8, 4) is 17.1 Å². The van der Waals surface area contributed by atoms with Crippen LogP contribution in [0.2, 0.25) is 0 Å². The summed E-state index contributed by atoms with van der Waals surface area (Å²) in [6.45, 7) is 11.0. The molecule has 0 radical (unpaired) electrons. The number of carbonyl (C=O) groups is 1. The minimum absolute atomic E-state index is 0.639. The maximum Gasteiger partial charge on any atom is 0.155 e. The average molecular weight is 480 g/mol. The van der Waals surface area contributed by atoms with Gasteiger partial charge in [-0.05, 0) is 32.9 Å². The SMILES string of the molecule is CC=Nc1c(N2CCOCC2)cc(-n2ccc(-c3cccc(C)c3)n2)nc1C.CCC=O.COC. The van der Waals surface area contributed by atoms with Gasteiger partial charge in [-0.1, -0.05) is 30.7 Å². The van der Waals surface area contributed by atoms with Crippen LogP contribution in [0, 0.1) is 13.8 Å². The molecule has 1 aromatic carbocycles. The van der Waals surface area contributed by atoms with Crippen LogP contribution < -0.4 is 4.90 Å². The van der Waals surface area contributed by atoms with Gasteiger partial charge in [-0.15, -0.1) is 0 Å². The zero-order valence-corrected chi connectivity index (χ0v) is 21.7. The smallest absolute Gasteiger partial charge is 0.155 e. The first kappa shape index (κ1) is 27.9. The highest BCUT2D eigenvalue weighted by Gasteiger charge is 2.19. The number of aryl methyl sites for hydroxylation is 2. The number of anilines is 1. The summed E-state index contributed by atoms with van der Waals surface area (Å²) in [5.74, 6) is 0.799. The number of nitrogens with zero attached hydrogens (tertiary/aromatic N) is 5. The molecule has 8 nitrogen and oxygen atoms in total. The number of ether oxygens (including phenoxy) is 2. The number of aromatic nitrogens is 3. The van der Waals surface area contributed by atoms with Gasteiger partial charge in [-0.2, -0.15) is 5.10 Å². The fourth-order valence-corrected chi connectivity index (χ4v) is 3.49. The molecule has 8 heteroatoms. The third-order valence-corrected chi connectivity index (χ3v) is 5.05. The van der Waals surface area contributed by atoms with E-state index >= 15 is 0 Å². The molecule has 2 aromatic heterocycles. The van der Waals surface area contributed by atoms with E-state index in [0.717, 1.165) is 66.7 Å². The largest absolute Gasteiger partial charge is 0.388 e. The molecular weight excluding hydrogens is 442 g/mol. The Morgan fingerprint density at radius 3 is 2.43 bits per heavy atom. The topological polar surface area (TPSA) is 81.8 Å². The predicted octanol–water partition coefficient (Wildman–Crippen LogP) is 4.97. The van der Waals surface area contributed by atoms with Gasteiger partial charge in [0.2, 0.25) is 0 Å². The number of pyridine rings is 1. The highest BCUT2D eigenvalue weighted by molar-refractivity contribution is 5.75. The Bertz CT molecular complexity index is 1090. The maximum atomic E-state index is 9.17. The van der Waals surface area contributed by atoms with Crippen LogP contribution in [0.1, 0.15) is 31.5 Å². The molecule has 0 bridgehead atoms. The highest BCUT2D eigenvalue weighted by atomic mass is 16.5. The zero-order valence-electron chi connectivity index (χ0n) is 21.7. The summed E-state index contributed by atoms with van der Waals surface area (Å²) in [7, 11) is 3.25. The van der Waals surface area contributed by atoms with Crippen molar-refractivity contribution in [3.63, 3.8) is 0 Å². The van der Waals surface area contributed by atoms with Crippen LogP contribution in [0.15, 0.2) is 47.6 Å². The summed E-state index contributed by atoms with van der Waals surface area (Å²) in [5.41, 5.74) is 6.15. The van der Waals surface area contributed by atoms with Crippen LogP contribution in [0.25, 0.3) is 17.1 Å². The van der Waals surface area contributed by atoms with Crippen molar-refractivity contribution < 1.29 is 14.3 Å². The molecule has 3 heterocycles. The Morgan fingerprint density at radius 2 is 1.83 bits per heavy atom. The summed E-state index contributed by atoms with van der Waals surface area (Å²) in [6, 6.07) is 12.5. The molecule has 1 aliphatic rings. The molecule has 1 aliphatic heterocycles. The van der Waals surface area contributed by atoms with E-state index in [1.807, 2.05) is 43.9 Å². The van der Waals surface area contributed by atoms with Crippen molar-refractivity contribution in [1.82, 2.24) is 14.8 Å². The lowest BCUT2D eigenvalue weighted by Gasteiger charge is -2.30. The summed E-state index contributed by atoms with van der Waals surface area (Å²) in [6.07, 6.45) is 5.29. The minimum atomic E-state index is 0.639. The summed E-state index contributed by atoms with van der Waals surface area (Å²) >= 11 is 0. The average Bonchev–Trinajstić information content (AvgIpc) is 3.37. The first-order valence-corrected chi connectivity index (χ1v) is 11.8. The summed E-state index contributed by atoms with van der Waals surface area (Å²) in [5, 5.41) is 4.77. The Hall–Kier alpha value is -3.36. The minimum Gasteiger partial charge on any atom is -0.388 e. The van der Waals surface area contributed by atoms with Gasteiger partial charge in [-0.3, -0.25) is 4.99 Å². The summed E-state index contributed by atoms with van der Waals surface area (Å²) < 4.78 is 11.6. The van der Waals surface area contributed by atoms with Gasteiger partial charge in [0.1, 0.15) is 12.0 Å². The predicted molar refractivity (Wildman–Crippen MR) is 142 cm³/mol. The number of methoxy groups -OCH3 is 1. The normalized spacial score (nSPS) is 13.0. The van der Waals surface area contributed by atoms with Gasteiger partial charge < -0.3 is 19.2 Å². The van der Waals surface area contributed by atoms with Gasteiger partial charge in [0.15, 0.2) is 5.82 Å². The lowest BCUT2D eigenvalue weighted by molar-refractivity contribution is -0.107. The number of rotatable bonds is 5. The first-order valence-electron chi connectivity index (χ1n) is 11.8. The number of hydrogen-bond donors (Lipinski definition) is 0. The second-order valence-corrected chi connectivity index (χ2v) is 7.92. The zero-order chi connectivity index (χ0) is 25.6. The Morgan fingerprint density at radius 1 is 1.14 bits per heavy atom. The van der Waals surface area contributed by atoms with E-state index in [1.54, 1.807) is 14.2 Å². The van der Waals surface area contributed by atoms with Crippen molar-refractivity contribution >= 4 is 23.9 Å². The van der Waals surface area contributed by atoms with Crippen molar-refractivity contribution in [2.75, 3.05) is 45.4 Å². The van der Waals surface area contributed by atoms with Crippen LogP contribution in [0.4, 0.5) is 11.4 Å². The van der Waals surface area contributed by atoms with E-state index in [4.69, 9.17) is 14.8 Å². The number of aliphatic imine (C=N–C) groups is 1. The van der Waals surface area contributed by atoms with Crippen molar-refractivity contribution in [3.05, 3.63) is 53.9 Å². The number of benzene rings is 1. The molecule has 35 heavy (non-hydrogen) atoms. The second kappa shape index (κ2) is 14.8. The van der Waals surface area contributed by atoms with Crippen LogP contribution >= 0.6 is 0 Å². The van der Waals surface area contributed by atoms with E-state index < -0.39 is 0 Å². The quantitative estimate of drug-likeness (QED) is 0.380. The lowest BCUT2D eigenvalue weighted by atomic mass is 10.1. The Balaban J connectivity index is 0.000000551. The van der Waals surface area contributed by atoms with E-state index in [0.29, 0.717) is 6.42 Å². The molecule has 0 spiro atoms. The van der Waals surface area contributed by atoms with Crippen molar-refractivity contribution in [2.24, 2.45) is 4.99 Å². The monoisotopic (exact) mass is 479 g/mol. The molecule has 1 fully saturated rings. The van der Waals surface area contributed by atoms with Gasteiger partial charge in [0.25, 0.3) is 0 Å². The summed E-state index contributed by atoms with van der Waals surface area (Å²) in [4.78, 5) is 20.8. The lowest BCUT2D eigenvalue weighted by Crippen LogP contribution is -2.36. The van der Waals surface area contributed by atoms with Crippen LogP contribution in [0.3, 0.4) is 0 Å². The molecule has 0 unspecified atom stereocenters. The molecule has 3 aromatic rings. The number of aldehydes is 1. The van der Waals surface area contributed by atoms with Crippen LogP contribution in [0.5, 0.6) is 0 Å². The molecule has 0 atom stereocenters.